The monoisotopic (exact) mass is 432 g/mol. The molecule has 0 atom stereocenters. The lowest BCUT2D eigenvalue weighted by Crippen LogP contribution is -1.94. The smallest absolute Gasteiger partial charge is 0.103 e. The van der Waals surface area contributed by atoms with Crippen LogP contribution in [0.15, 0.2) is 40.9 Å². The zero-order valence-electron chi connectivity index (χ0n) is 9.05. The second-order valence-electron chi connectivity index (χ2n) is 3.53. The average Bonchev–Trinajstić information content (AvgIpc) is 2.34. The van der Waals surface area contributed by atoms with E-state index in [1.54, 1.807) is 6.07 Å². The SMILES string of the molecule is N#Cc1c(Cl)cccc1Nc1ccc(I)c(Br)c1. The summed E-state index contributed by atoms with van der Waals surface area (Å²) in [5, 5.41) is 12.7. The number of nitrogens with one attached hydrogen (secondary N) is 1. The van der Waals surface area contributed by atoms with Crippen LogP contribution in [-0.2, 0) is 0 Å². The Kier molecular flexibility index (Phi) is 4.49. The maximum Gasteiger partial charge on any atom is 0.103 e. The minimum Gasteiger partial charge on any atom is -0.354 e. The molecular formula is C13H7BrClIN2. The van der Waals surface area contributed by atoms with Crippen LogP contribution in [0.4, 0.5) is 11.4 Å². The summed E-state index contributed by atoms with van der Waals surface area (Å²) in [5.74, 6) is 0. The Labute approximate surface area is 132 Å². The van der Waals surface area contributed by atoms with Gasteiger partial charge in [0.15, 0.2) is 0 Å². The molecule has 0 aliphatic rings. The van der Waals surface area contributed by atoms with Crippen LogP contribution in [0.1, 0.15) is 5.56 Å². The molecule has 0 amide bonds. The highest BCUT2D eigenvalue weighted by molar-refractivity contribution is 14.1. The van der Waals surface area contributed by atoms with Gasteiger partial charge in [-0.15, -0.1) is 0 Å². The summed E-state index contributed by atoms with van der Waals surface area (Å²) in [6.45, 7) is 0. The van der Waals surface area contributed by atoms with Gasteiger partial charge in [0.25, 0.3) is 0 Å². The molecular weight excluding hydrogens is 426 g/mol. The second-order valence-corrected chi connectivity index (χ2v) is 5.95. The molecule has 0 spiro atoms. The molecule has 0 aromatic heterocycles. The van der Waals surface area contributed by atoms with Gasteiger partial charge < -0.3 is 5.32 Å². The molecule has 0 radical (unpaired) electrons. The first-order chi connectivity index (χ1) is 8.61. The molecule has 1 N–H and O–H groups in total. The van der Waals surface area contributed by atoms with Crippen LogP contribution in [0, 0.1) is 14.9 Å². The Morgan fingerprint density at radius 3 is 2.72 bits per heavy atom. The molecule has 2 aromatic rings. The first kappa shape index (κ1) is 13.7. The van der Waals surface area contributed by atoms with Gasteiger partial charge in [-0.05, 0) is 68.9 Å². The first-order valence-electron chi connectivity index (χ1n) is 5.02. The predicted molar refractivity (Wildman–Crippen MR) is 86.3 cm³/mol. The zero-order chi connectivity index (χ0) is 13.1. The van der Waals surface area contributed by atoms with Crippen LogP contribution < -0.4 is 5.32 Å². The number of hydrogen-bond acceptors (Lipinski definition) is 2. The Hall–Kier alpha value is -0.770. The molecule has 18 heavy (non-hydrogen) atoms. The van der Waals surface area contributed by atoms with Gasteiger partial charge in [0.1, 0.15) is 6.07 Å². The standard InChI is InChI=1S/C13H7BrClIN2/c14-10-6-8(4-5-12(10)16)18-13-3-1-2-11(15)9(13)7-17/h1-6,18H. The quantitative estimate of drug-likeness (QED) is 0.651. The van der Waals surface area contributed by atoms with E-state index in [9.17, 15) is 0 Å². The maximum atomic E-state index is 9.09. The van der Waals surface area contributed by atoms with Crippen molar-refractivity contribution in [1.29, 1.82) is 5.26 Å². The molecule has 2 aromatic carbocycles. The van der Waals surface area contributed by atoms with Crippen LogP contribution >= 0.6 is 50.1 Å². The van der Waals surface area contributed by atoms with E-state index in [0.29, 0.717) is 16.3 Å². The summed E-state index contributed by atoms with van der Waals surface area (Å²) in [7, 11) is 0. The largest absolute Gasteiger partial charge is 0.354 e. The summed E-state index contributed by atoms with van der Waals surface area (Å²) in [4.78, 5) is 0. The van der Waals surface area contributed by atoms with Gasteiger partial charge in [-0.3, -0.25) is 0 Å². The van der Waals surface area contributed by atoms with Crippen molar-refractivity contribution < 1.29 is 0 Å². The van der Waals surface area contributed by atoms with Crippen molar-refractivity contribution in [3.05, 3.63) is 55.0 Å². The van der Waals surface area contributed by atoms with E-state index in [4.69, 9.17) is 16.9 Å². The fourth-order valence-corrected chi connectivity index (χ4v) is 2.40. The number of nitriles is 1. The molecule has 0 saturated heterocycles. The lowest BCUT2D eigenvalue weighted by Gasteiger charge is -2.10. The summed E-state index contributed by atoms with van der Waals surface area (Å²) < 4.78 is 2.14. The summed E-state index contributed by atoms with van der Waals surface area (Å²) in [6, 6.07) is 13.4. The van der Waals surface area contributed by atoms with Crippen molar-refractivity contribution in [2.24, 2.45) is 0 Å². The van der Waals surface area contributed by atoms with Gasteiger partial charge >= 0.3 is 0 Å². The molecule has 2 nitrogen and oxygen atoms in total. The summed E-state index contributed by atoms with van der Waals surface area (Å²) >= 11 is 11.7. The minimum absolute atomic E-state index is 0.451. The second kappa shape index (κ2) is 5.91. The minimum atomic E-state index is 0.451. The molecule has 0 bridgehead atoms. The molecule has 0 saturated carbocycles. The van der Waals surface area contributed by atoms with Crippen molar-refractivity contribution in [1.82, 2.24) is 0 Å². The van der Waals surface area contributed by atoms with E-state index in [1.165, 1.54) is 0 Å². The van der Waals surface area contributed by atoms with E-state index >= 15 is 0 Å². The van der Waals surface area contributed by atoms with E-state index in [-0.39, 0.29) is 0 Å². The third kappa shape index (κ3) is 2.97. The predicted octanol–water partition coefficient (Wildman–Crippen LogP) is 5.32. The van der Waals surface area contributed by atoms with Crippen LogP contribution in [0.2, 0.25) is 5.02 Å². The first-order valence-corrected chi connectivity index (χ1v) is 7.27. The molecule has 0 fully saturated rings. The number of hydrogen-bond donors (Lipinski definition) is 1. The molecule has 0 aliphatic heterocycles. The van der Waals surface area contributed by atoms with Crippen molar-refractivity contribution in [2.75, 3.05) is 5.32 Å². The van der Waals surface area contributed by atoms with Gasteiger partial charge in [-0.25, -0.2) is 0 Å². The molecule has 0 aliphatic carbocycles. The third-order valence-corrected chi connectivity index (χ3v) is 4.98. The van der Waals surface area contributed by atoms with E-state index < -0.39 is 0 Å². The van der Waals surface area contributed by atoms with E-state index in [0.717, 1.165) is 13.7 Å². The molecule has 90 valence electrons. The van der Waals surface area contributed by atoms with Gasteiger partial charge in [0, 0.05) is 13.7 Å². The number of rotatable bonds is 2. The lowest BCUT2D eigenvalue weighted by molar-refractivity contribution is 1.45. The molecule has 2 rings (SSSR count). The van der Waals surface area contributed by atoms with Crippen LogP contribution in [0.5, 0.6) is 0 Å². The summed E-state index contributed by atoms with van der Waals surface area (Å²) in [5.41, 5.74) is 2.06. The Morgan fingerprint density at radius 2 is 2.06 bits per heavy atom. The van der Waals surface area contributed by atoms with E-state index in [1.807, 2.05) is 30.3 Å². The Bertz CT molecular complexity index is 637. The highest BCUT2D eigenvalue weighted by Gasteiger charge is 2.07. The molecule has 0 unspecified atom stereocenters. The lowest BCUT2D eigenvalue weighted by atomic mass is 10.2. The van der Waals surface area contributed by atoms with E-state index in [2.05, 4.69) is 49.9 Å². The highest BCUT2D eigenvalue weighted by Crippen LogP contribution is 2.29. The number of anilines is 2. The van der Waals surface area contributed by atoms with Gasteiger partial charge in [0.2, 0.25) is 0 Å². The zero-order valence-corrected chi connectivity index (χ0v) is 13.5. The molecule has 5 heteroatoms. The van der Waals surface area contributed by atoms with Crippen LogP contribution in [0.3, 0.4) is 0 Å². The third-order valence-electron chi connectivity index (χ3n) is 2.32. The van der Waals surface area contributed by atoms with Gasteiger partial charge in [0.05, 0.1) is 16.3 Å². The van der Waals surface area contributed by atoms with Crippen molar-refractivity contribution in [2.45, 2.75) is 0 Å². The summed E-state index contributed by atoms with van der Waals surface area (Å²) in [6.07, 6.45) is 0. The topological polar surface area (TPSA) is 35.8 Å². The van der Waals surface area contributed by atoms with Crippen LogP contribution in [-0.4, -0.2) is 0 Å². The fourth-order valence-electron chi connectivity index (χ4n) is 1.47. The van der Waals surface area contributed by atoms with Crippen molar-refractivity contribution >= 4 is 61.5 Å². The number of nitrogens with zero attached hydrogens (tertiary/aromatic N) is 1. The van der Waals surface area contributed by atoms with Crippen molar-refractivity contribution in [3.63, 3.8) is 0 Å². The highest BCUT2D eigenvalue weighted by atomic mass is 127. The Morgan fingerprint density at radius 1 is 1.28 bits per heavy atom. The number of benzene rings is 2. The fraction of sp³-hybridized carbons (Fsp3) is 0. The van der Waals surface area contributed by atoms with Gasteiger partial charge in [-0.1, -0.05) is 17.7 Å². The van der Waals surface area contributed by atoms with Crippen molar-refractivity contribution in [3.8, 4) is 6.07 Å². The van der Waals surface area contributed by atoms with Crippen LogP contribution in [0.25, 0.3) is 0 Å². The van der Waals surface area contributed by atoms with Gasteiger partial charge in [-0.2, -0.15) is 5.26 Å². The molecule has 0 heterocycles. The maximum absolute atomic E-state index is 9.09. The Balaban J connectivity index is 2.37. The average molecular weight is 433 g/mol. The normalized spacial score (nSPS) is 9.89. The number of halogens is 3.